The molecule has 0 atom stereocenters. The van der Waals surface area contributed by atoms with E-state index >= 15 is 0 Å². The van der Waals surface area contributed by atoms with Crippen LogP contribution >= 0.6 is 11.6 Å². The Morgan fingerprint density at radius 3 is 2.45 bits per heavy atom. The van der Waals surface area contributed by atoms with Crippen molar-refractivity contribution in [1.29, 1.82) is 0 Å². The van der Waals surface area contributed by atoms with E-state index in [4.69, 9.17) is 11.6 Å². The third kappa shape index (κ3) is 4.03. The highest BCUT2D eigenvalue weighted by Gasteiger charge is 2.18. The van der Waals surface area contributed by atoms with Crippen molar-refractivity contribution in [3.05, 3.63) is 87.6 Å². The molecular formula is C21H17ClN6O3. The summed E-state index contributed by atoms with van der Waals surface area (Å²) in [4.78, 5) is 37.5. The Balaban J connectivity index is 1.53. The van der Waals surface area contributed by atoms with E-state index in [-0.39, 0.29) is 16.9 Å². The Bertz CT molecular complexity index is 1360. The number of aryl methyl sites for hydroxylation is 1. The molecule has 0 saturated carbocycles. The van der Waals surface area contributed by atoms with Crippen molar-refractivity contribution in [3.8, 4) is 5.69 Å². The lowest BCUT2D eigenvalue weighted by molar-refractivity contribution is 0.0840. The van der Waals surface area contributed by atoms with Crippen LogP contribution < -0.4 is 16.4 Å². The molecule has 9 nitrogen and oxygen atoms in total. The van der Waals surface area contributed by atoms with Crippen molar-refractivity contribution < 1.29 is 9.59 Å². The van der Waals surface area contributed by atoms with Gasteiger partial charge in [0.05, 0.1) is 11.1 Å². The molecule has 31 heavy (non-hydrogen) atoms. The predicted molar refractivity (Wildman–Crippen MR) is 115 cm³/mol. The van der Waals surface area contributed by atoms with Gasteiger partial charge in [-0.05, 0) is 37.3 Å². The van der Waals surface area contributed by atoms with Gasteiger partial charge in [-0.2, -0.15) is 10.2 Å². The minimum absolute atomic E-state index is 0.0295. The van der Waals surface area contributed by atoms with Crippen LogP contribution in [0.3, 0.4) is 0 Å². The molecule has 0 aliphatic rings. The summed E-state index contributed by atoms with van der Waals surface area (Å²) in [6.07, 6.45) is 1.61. The first-order valence-corrected chi connectivity index (χ1v) is 9.78. The summed E-state index contributed by atoms with van der Waals surface area (Å²) in [5, 5.41) is 9.63. The van der Waals surface area contributed by atoms with Gasteiger partial charge in [-0.25, -0.2) is 9.36 Å². The highest BCUT2D eigenvalue weighted by atomic mass is 35.5. The summed E-state index contributed by atoms with van der Waals surface area (Å²) in [5.41, 5.74) is 5.18. The van der Waals surface area contributed by atoms with E-state index in [9.17, 15) is 14.4 Å². The van der Waals surface area contributed by atoms with Crippen LogP contribution in [0.5, 0.6) is 0 Å². The van der Waals surface area contributed by atoms with Gasteiger partial charge < -0.3 is 0 Å². The van der Waals surface area contributed by atoms with E-state index in [2.05, 4.69) is 21.0 Å². The van der Waals surface area contributed by atoms with E-state index in [1.54, 1.807) is 61.7 Å². The molecule has 0 bridgehead atoms. The second-order valence-corrected chi connectivity index (χ2v) is 6.99. The molecule has 0 aliphatic heterocycles. The number of carbonyl (C=O) groups excluding carboxylic acids is 2. The highest BCUT2D eigenvalue weighted by Crippen LogP contribution is 2.15. The summed E-state index contributed by atoms with van der Waals surface area (Å²) in [6, 6.07) is 15.2. The van der Waals surface area contributed by atoms with Gasteiger partial charge in [0.25, 0.3) is 17.4 Å². The molecule has 156 valence electrons. The molecule has 0 radical (unpaired) electrons. The van der Waals surface area contributed by atoms with Crippen molar-refractivity contribution in [1.82, 2.24) is 30.4 Å². The maximum atomic E-state index is 12.7. The molecule has 0 spiro atoms. The number of nitrogens with one attached hydrogen (secondary N) is 2. The molecule has 10 heteroatoms. The van der Waals surface area contributed by atoms with Crippen LogP contribution in [0.2, 0.25) is 5.02 Å². The predicted octanol–water partition coefficient (Wildman–Crippen LogP) is 2.33. The second kappa shape index (κ2) is 8.41. The van der Waals surface area contributed by atoms with Crippen LogP contribution in [0.15, 0.2) is 65.6 Å². The summed E-state index contributed by atoms with van der Waals surface area (Å²) in [5.74, 6) is -1.26. The summed E-state index contributed by atoms with van der Waals surface area (Å²) >= 11 is 5.98. The number of carbonyl (C=O) groups is 2. The minimum atomic E-state index is -0.652. The maximum absolute atomic E-state index is 12.7. The monoisotopic (exact) mass is 436 g/mol. The smallest absolute Gasteiger partial charge is 0.267 e. The van der Waals surface area contributed by atoms with Gasteiger partial charge in [0.1, 0.15) is 0 Å². The van der Waals surface area contributed by atoms with Crippen molar-refractivity contribution in [2.24, 2.45) is 0 Å². The molecule has 0 fully saturated rings. The number of fused-ring (bicyclic) bond motifs is 1. The van der Waals surface area contributed by atoms with Gasteiger partial charge in [-0.3, -0.25) is 25.2 Å². The summed E-state index contributed by atoms with van der Waals surface area (Å²) in [6.45, 7) is 2.06. The summed E-state index contributed by atoms with van der Waals surface area (Å²) in [7, 11) is 0. The van der Waals surface area contributed by atoms with Crippen molar-refractivity contribution in [2.75, 3.05) is 0 Å². The largest absolute Gasteiger partial charge is 0.290 e. The number of hydrogen-bond acceptors (Lipinski definition) is 5. The number of nitrogens with zero attached hydrogens (tertiary/aromatic N) is 4. The van der Waals surface area contributed by atoms with E-state index in [1.165, 1.54) is 15.4 Å². The number of hydrazine groups is 1. The number of benzene rings is 2. The molecule has 2 N–H and O–H groups in total. The lowest BCUT2D eigenvalue weighted by Crippen LogP contribution is -2.43. The SMILES string of the molecule is CCn1nc(C(=O)NNC(=O)c2ccn(-c3cccc(Cl)c3)n2)c2ccccc2c1=O. The van der Waals surface area contributed by atoms with Gasteiger partial charge in [-0.15, -0.1) is 0 Å². The lowest BCUT2D eigenvalue weighted by atomic mass is 10.1. The Labute approximate surface area is 181 Å². The molecule has 0 unspecified atom stereocenters. The molecule has 2 aromatic carbocycles. The minimum Gasteiger partial charge on any atom is -0.267 e. The standard InChI is InChI=1S/C21H17ClN6O3/c1-2-27-21(31)16-9-4-3-8-15(16)18(26-27)20(30)24-23-19(29)17-10-11-28(25-17)14-7-5-6-13(22)12-14/h3-12H,2H2,1H3,(H,23,29)(H,24,30). The number of halogens is 1. The Hall–Kier alpha value is -3.98. The molecule has 0 aliphatic carbocycles. The van der Waals surface area contributed by atoms with Crippen LogP contribution in [-0.4, -0.2) is 31.4 Å². The fourth-order valence-corrected chi connectivity index (χ4v) is 3.25. The number of rotatable bonds is 4. The van der Waals surface area contributed by atoms with Gasteiger partial charge in [0, 0.05) is 23.2 Å². The van der Waals surface area contributed by atoms with Gasteiger partial charge in [-0.1, -0.05) is 35.9 Å². The van der Waals surface area contributed by atoms with Crippen LogP contribution in [-0.2, 0) is 6.54 Å². The molecular weight excluding hydrogens is 420 g/mol. The van der Waals surface area contributed by atoms with E-state index in [1.807, 2.05) is 0 Å². The third-order valence-electron chi connectivity index (χ3n) is 4.57. The highest BCUT2D eigenvalue weighted by molar-refractivity contribution is 6.30. The number of amides is 2. The first kappa shape index (κ1) is 20.3. The third-order valence-corrected chi connectivity index (χ3v) is 4.80. The first-order valence-electron chi connectivity index (χ1n) is 9.40. The zero-order valence-electron chi connectivity index (χ0n) is 16.4. The van der Waals surface area contributed by atoms with Crippen molar-refractivity contribution in [2.45, 2.75) is 13.5 Å². The zero-order chi connectivity index (χ0) is 22.0. The normalized spacial score (nSPS) is 10.8. The lowest BCUT2D eigenvalue weighted by Gasteiger charge is -2.10. The zero-order valence-corrected chi connectivity index (χ0v) is 17.1. The molecule has 4 aromatic rings. The van der Waals surface area contributed by atoms with Crippen molar-refractivity contribution >= 4 is 34.2 Å². The molecule has 2 amide bonds. The molecule has 0 saturated heterocycles. The van der Waals surface area contributed by atoms with E-state index in [0.717, 1.165) is 0 Å². The van der Waals surface area contributed by atoms with Crippen LogP contribution in [0, 0.1) is 0 Å². The second-order valence-electron chi connectivity index (χ2n) is 6.55. The van der Waals surface area contributed by atoms with Gasteiger partial charge in [0.15, 0.2) is 11.4 Å². The summed E-state index contributed by atoms with van der Waals surface area (Å²) < 4.78 is 2.69. The topological polar surface area (TPSA) is 111 Å². The molecule has 2 aromatic heterocycles. The average Bonchev–Trinajstić information content (AvgIpc) is 3.28. The van der Waals surface area contributed by atoms with Crippen molar-refractivity contribution in [3.63, 3.8) is 0 Å². The maximum Gasteiger partial charge on any atom is 0.290 e. The average molecular weight is 437 g/mol. The Kier molecular flexibility index (Phi) is 5.50. The molecule has 2 heterocycles. The number of hydrogen-bond donors (Lipinski definition) is 2. The fraction of sp³-hybridized carbons (Fsp3) is 0.0952. The van der Waals surface area contributed by atoms with Crippen LogP contribution in [0.1, 0.15) is 27.9 Å². The Morgan fingerprint density at radius 2 is 1.71 bits per heavy atom. The van der Waals surface area contributed by atoms with Crippen LogP contribution in [0.4, 0.5) is 0 Å². The van der Waals surface area contributed by atoms with Crippen LogP contribution in [0.25, 0.3) is 16.5 Å². The van der Waals surface area contributed by atoms with Gasteiger partial charge in [0.2, 0.25) is 0 Å². The first-order chi connectivity index (χ1) is 15.0. The van der Waals surface area contributed by atoms with Gasteiger partial charge >= 0.3 is 0 Å². The fourth-order valence-electron chi connectivity index (χ4n) is 3.06. The Morgan fingerprint density at radius 1 is 0.968 bits per heavy atom. The molecule has 4 rings (SSSR count). The van der Waals surface area contributed by atoms with E-state index in [0.29, 0.717) is 28.0 Å². The quantitative estimate of drug-likeness (QED) is 0.477. The number of aromatic nitrogens is 4. The van der Waals surface area contributed by atoms with E-state index < -0.39 is 11.8 Å².